The standard InChI is InChI=1S/C12H14F2N4O2/c13-8-3-6(4-9(14)11(8)18-15)12(20)17-7-1-2-10(19)16-5-7/h3-4,7,18H,1-2,5,15H2,(H,16,19)(H,17,20). The summed E-state index contributed by atoms with van der Waals surface area (Å²) in [5.74, 6) is 2.39. The molecule has 8 heteroatoms. The quantitative estimate of drug-likeness (QED) is 0.473. The minimum Gasteiger partial charge on any atom is -0.354 e. The number of nitrogen functional groups attached to an aromatic ring is 1. The molecule has 2 rings (SSSR count). The summed E-state index contributed by atoms with van der Waals surface area (Å²) < 4.78 is 27.0. The number of halogens is 2. The van der Waals surface area contributed by atoms with E-state index < -0.39 is 23.2 Å². The van der Waals surface area contributed by atoms with Crippen LogP contribution in [0, 0.1) is 11.6 Å². The van der Waals surface area contributed by atoms with Crippen molar-refractivity contribution in [2.45, 2.75) is 18.9 Å². The number of hydrogen-bond acceptors (Lipinski definition) is 4. The maximum absolute atomic E-state index is 13.5. The number of rotatable bonds is 3. The van der Waals surface area contributed by atoms with Crippen molar-refractivity contribution in [2.75, 3.05) is 12.0 Å². The van der Waals surface area contributed by atoms with Gasteiger partial charge in [-0.3, -0.25) is 15.4 Å². The number of benzene rings is 1. The Morgan fingerprint density at radius 1 is 1.35 bits per heavy atom. The zero-order chi connectivity index (χ0) is 14.7. The molecule has 0 aliphatic carbocycles. The second-order valence-corrected chi connectivity index (χ2v) is 4.47. The van der Waals surface area contributed by atoms with E-state index in [0.717, 1.165) is 12.1 Å². The van der Waals surface area contributed by atoms with Gasteiger partial charge in [0.15, 0.2) is 11.6 Å². The Bertz CT molecular complexity index is 517. The van der Waals surface area contributed by atoms with Crippen LogP contribution >= 0.6 is 0 Å². The molecule has 6 nitrogen and oxygen atoms in total. The number of hydrazine groups is 1. The van der Waals surface area contributed by atoms with Crippen LogP contribution in [-0.2, 0) is 4.79 Å². The molecule has 0 spiro atoms. The highest BCUT2D eigenvalue weighted by Gasteiger charge is 2.21. The number of carbonyl (C=O) groups is 2. The molecule has 5 N–H and O–H groups in total. The molecule has 1 aromatic rings. The van der Waals surface area contributed by atoms with Crippen LogP contribution in [0.15, 0.2) is 12.1 Å². The molecule has 1 heterocycles. The summed E-state index contributed by atoms with van der Waals surface area (Å²) >= 11 is 0. The van der Waals surface area contributed by atoms with Crippen LogP contribution in [0.2, 0.25) is 0 Å². The van der Waals surface area contributed by atoms with Gasteiger partial charge in [-0.15, -0.1) is 0 Å². The van der Waals surface area contributed by atoms with Crippen LogP contribution in [0.1, 0.15) is 23.2 Å². The molecule has 0 radical (unpaired) electrons. The first kappa shape index (κ1) is 14.2. The number of piperidine rings is 1. The molecule has 1 aliphatic heterocycles. The smallest absolute Gasteiger partial charge is 0.251 e. The number of hydrogen-bond donors (Lipinski definition) is 4. The van der Waals surface area contributed by atoms with Crippen molar-refractivity contribution in [3.63, 3.8) is 0 Å². The Hall–Kier alpha value is -2.22. The summed E-state index contributed by atoms with van der Waals surface area (Å²) in [6.45, 7) is 0.304. The van der Waals surface area contributed by atoms with Gasteiger partial charge in [-0.25, -0.2) is 8.78 Å². The summed E-state index contributed by atoms with van der Waals surface area (Å²) in [5.41, 5.74) is 1.25. The van der Waals surface area contributed by atoms with E-state index in [9.17, 15) is 18.4 Å². The van der Waals surface area contributed by atoms with Crippen LogP contribution in [0.3, 0.4) is 0 Å². The SMILES string of the molecule is NNc1c(F)cc(C(=O)NC2CCC(=O)NC2)cc1F. The third kappa shape index (κ3) is 3.02. The van der Waals surface area contributed by atoms with Crippen LogP contribution < -0.4 is 21.9 Å². The molecule has 1 fully saturated rings. The molecule has 2 amide bonds. The van der Waals surface area contributed by atoms with Gasteiger partial charge in [0.25, 0.3) is 5.91 Å². The molecule has 108 valence electrons. The summed E-state index contributed by atoms with van der Waals surface area (Å²) in [6, 6.07) is 1.54. The minimum absolute atomic E-state index is 0.0778. The minimum atomic E-state index is -0.949. The van der Waals surface area contributed by atoms with Gasteiger partial charge in [-0.05, 0) is 18.6 Å². The Labute approximate surface area is 113 Å². The maximum atomic E-state index is 13.5. The lowest BCUT2D eigenvalue weighted by atomic mass is 10.1. The molecule has 0 saturated carbocycles. The first-order chi connectivity index (χ1) is 9.51. The van der Waals surface area contributed by atoms with E-state index in [1.54, 1.807) is 0 Å². The number of amides is 2. The van der Waals surface area contributed by atoms with Crippen molar-refractivity contribution in [1.29, 1.82) is 0 Å². The average molecular weight is 284 g/mol. The summed E-state index contributed by atoms with van der Waals surface area (Å²) in [5, 5.41) is 5.21. The fourth-order valence-electron chi connectivity index (χ4n) is 1.97. The number of carbonyl (C=O) groups excluding carboxylic acids is 2. The molecular weight excluding hydrogens is 270 g/mol. The van der Waals surface area contributed by atoms with Gasteiger partial charge < -0.3 is 16.1 Å². The zero-order valence-electron chi connectivity index (χ0n) is 10.5. The van der Waals surface area contributed by atoms with E-state index in [1.807, 2.05) is 5.43 Å². The predicted molar refractivity (Wildman–Crippen MR) is 67.7 cm³/mol. The fourth-order valence-corrected chi connectivity index (χ4v) is 1.97. The highest BCUT2D eigenvalue weighted by atomic mass is 19.1. The Balaban J connectivity index is 2.08. The van der Waals surface area contributed by atoms with Crippen molar-refractivity contribution >= 4 is 17.5 Å². The van der Waals surface area contributed by atoms with Gasteiger partial charge in [0.2, 0.25) is 5.91 Å². The van der Waals surface area contributed by atoms with E-state index >= 15 is 0 Å². The molecular formula is C12H14F2N4O2. The third-order valence-electron chi connectivity index (χ3n) is 3.05. The van der Waals surface area contributed by atoms with Crippen molar-refractivity contribution in [3.05, 3.63) is 29.3 Å². The molecule has 1 atom stereocenters. The van der Waals surface area contributed by atoms with Gasteiger partial charge in [0.05, 0.1) is 0 Å². The van der Waals surface area contributed by atoms with E-state index in [1.165, 1.54) is 0 Å². The van der Waals surface area contributed by atoms with Crippen molar-refractivity contribution in [1.82, 2.24) is 10.6 Å². The van der Waals surface area contributed by atoms with E-state index in [4.69, 9.17) is 5.84 Å². The van der Waals surface area contributed by atoms with Crippen LogP contribution in [-0.4, -0.2) is 24.4 Å². The van der Waals surface area contributed by atoms with Gasteiger partial charge >= 0.3 is 0 Å². The Morgan fingerprint density at radius 2 is 2.00 bits per heavy atom. The largest absolute Gasteiger partial charge is 0.354 e. The highest BCUT2D eigenvalue weighted by Crippen LogP contribution is 2.19. The lowest BCUT2D eigenvalue weighted by Gasteiger charge is -2.23. The Morgan fingerprint density at radius 3 is 2.50 bits per heavy atom. The first-order valence-corrected chi connectivity index (χ1v) is 6.04. The topological polar surface area (TPSA) is 96.2 Å². The number of nitrogens with one attached hydrogen (secondary N) is 3. The highest BCUT2D eigenvalue weighted by molar-refractivity contribution is 5.95. The number of anilines is 1. The summed E-state index contributed by atoms with van der Waals surface area (Å²) in [7, 11) is 0. The first-order valence-electron chi connectivity index (χ1n) is 6.04. The van der Waals surface area contributed by atoms with Gasteiger partial charge in [0, 0.05) is 24.6 Å². The predicted octanol–water partition coefficient (Wildman–Crippen LogP) is 0.259. The summed E-state index contributed by atoms with van der Waals surface area (Å²) in [4.78, 5) is 22.9. The second kappa shape index (κ2) is 5.83. The molecule has 1 saturated heterocycles. The Kier molecular flexibility index (Phi) is 4.14. The molecule has 0 bridgehead atoms. The van der Waals surface area contributed by atoms with Gasteiger partial charge in [0.1, 0.15) is 5.69 Å². The van der Waals surface area contributed by atoms with Gasteiger partial charge in [-0.1, -0.05) is 0 Å². The normalized spacial score (nSPS) is 18.4. The van der Waals surface area contributed by atoms with Crippen LogP contribution in [0.25, 0.3) is 0 Å². The molecule has 0 aromatic heterocycles. The average Bonchev–Trinajstić information content (AvgIpc) is 2.41. The summed E-state index contributed by atoms with van der Waals surface area (Å²) in [6.07, 6.45) is 0.800. The lowest BCUT2D eigenvalue weighted by Crippen LogP contribution is -2.47. The monoisotopic (exact) mass is 284 g/mol. The van der Waals surface area contributed by atoms with E-state index in [2.05, 4.69) is 10.6 Å². The zero-order valence-corrected chi connectivity index (χ0v) is 10.5. The molecule has 20 heavy (non-hydrogen) atoms. The van der Waals surface area contributed by atoms with E-state index in [-0.39, 0.29) is 17.5 Å². The van der Waals surface area contributed by atoms with Crippen molar-refractivity contribution < 1.29 is 18.4 Å². The van der Waals surface area contributed by atoms with Crippen molar-refractivity contribution in [3.8, 4) is 0 Å². The molecule has 1 unspecified atom stereocenters. The lowest BCUT2D eigenvalue weighted by molar-refractivity contribution is -0.122. The molecule has 1 aliphatic rings. The fraction of sp³-hybridized carbons (Fsp3) is 0.333. The van der Waals surface area contributed by atoms with Crippen molar-refractivity contribution in [2.24, 2.45) is 5.84 Å². The van der Waals surface area contributed by atoms with Crippen LogP contribution in [0.5, 0.6) is 0 Å². The maximum Gasteiger partial charge on any atom is 0.251 e. The number of nitrogens with two attached hydrogens (primary N) is 1. The van der Waals surface area contributed by atoms with Gasteiger partial charge in [-0.2, -0.15) is 0 Å². The third-order valence-corrected chi connectivity index (χ3v) is 3.05. The molecule has 1 aromatic carbocycles. The van der Waals surface area contributed by atoms with E-state index in [0.29, 0.717) is 19.4 Å². The second-order valence-electron chi connectivity index (χ2n) is 4.47. The van der Waals surface area contributed by atoms with Crippen LogP contribution in [0.4, 0.5) is 14.5 Å².